The van der Waals surface area contributed by atoms with Crippen molar-refractivity contribution in [2.24, 2.45) is 0 Å². The summed E-state index contributed by atoms with van der Waals surface area (Å²) in [4.78, 5) is 2.87. The summed E-state index contributed by atoms with van der Waals surface area (Å²) in [5.41, 5.74) is 1.96. The molecule has 5 nitrogen and oxygen atoms in total. The standard InChI is InChI=1S/C16H12AsN3O2S/c1-21-6-7-22-11-4-2-10(3-5-11)14-12(8-18)15(17)20-16(23)13(14)9-19/h2-5H,6-7H2,1H3,(H,20,23). The molecule has 0 bridgehead atoms. The Balaban J connectivity index is 2.48. The summed E-state index contributed by atoms with van der Waals surface area (Å²) in [6.07, 6.45) is 0. The van der Waals surface area contributed by atoms with Gasteiger partial charge in [-0.15, -0.1) is 0 Å². The van der Waals surface area contributed by atoms with E-state index in [1.54, 1.807) is 31.4 Å². The number of methoxy groups -OCH3 is 1. The first-order valence-corrected chi connectivity index (χ1v) is 7.98. The molecule has 0 amide bonds. The van der Waals surface area contributed by atoms with Crippen LogP contribution in [-0.4, -0.2) is 42.2 Å². The molecule has 2 radical (unpaired) electrons. The van der Waals surface area contributed by atoms with E-state index in [0.717, 1.165) is 5.56 Å². The van der Waals surface area contributed by atoms with E-state index in [-0.39, 0.29) is 0 Å². The molecule has 0 fully saturated rings. The van der Waals surface area contributed by atoms with Crippen molar-refractivity contribution in [1.82, 2.24) is 4.98 Å². The summed E-state index contributed by atoms with van der Waals surface area (Å²) >= 11 is 7.47. The van der Waals surface area contributed by atoms with Gasteiger partial charge in [0.15, 0.2) is 0 Å². The van der Waals surface area contributed by atoms with Crippen molar-refractivity contribution in [3.05, 3.63) is 40.0 Å². The SMILES string of the molecule is COCCOc1ccc(-c2c(C#N)c([As])[nH]c(=S)c2C#N)cc1. The molecule has 2 aromatic rings. The number of benzene rings is 1. The summed E-state index contributed by atoms with van der Waals surface area (Å²) in [5.74, 6) is 0.691. The van der Waals surface area contributed by atoms with Crippen LogP contribution < -0.4 is 9.22 Å². The van der Waals surface area contributed by atoms with Crippen LogP contribution in [0.1, 0.15) is 11.1 Å². The molecule has 1 N–H and O–H groups in total. The van der Waals surface area contributed by atoms with Crippen molar-refractivity contribution in [2.45, 2.75) is 0 Å². The van der Waals surface area contributed by atoms with Crippen molar-refractivity contribution in [2.75, 3.05) is 20.3 Å². The van der Waals surface area contributed by atoms with E-state index in [9.17, 15) is 10.5 Å². The number of ether oxygens (including phenoxy) is 2. The number of nitriles is 2. The van der Waals surface area contributed by atoms with Gasteiger partial charge in [0, 0.05) is 0 Å². The van der Waals surface area contributed by atoms with Gasteiger partial charge in [-0.3, -0.25) is 0 Å². The Bertz CT molecular complexity index is 848. The molecule has 0 atom stereocenters. The molecule has 0 saturated heterocycles. The summed E-state index contributed by atoms with van der Waals surface area (Å²) in [6, 6.07) is 11.4. The topological polar surface area (TPSA) is 81.8 Å². The van der Waals surface area contributed by atoms with E-state index in [0.29, 0.717) is 44.8 Å². The second kappa shape index (κ2) is 7.94. The number of rotatable bonds is 5. The van der Waals surface area contributed by atoms with Crippen LogP contribution >= 0.6 is 12.2 Å². The van der Waals surface area contributed by atoms with Crippen molar-refractivity contribution >= 4 is 33.6 Å². The van der Waals surface area contributed by atoms with Gasteiger partial charge in [-0.1, -0.05) is 0 Å². The molecule has 0 aliphatic rings. The molecular weight excluding hydrogens is 373 g/mol. The minimum absolute atomic E-state index is 0.291. The fourth-order valence-corrected chi connectivity index (χ4v) is 3.04. The van der Waals surface area contributed by atoms with E-state index in [2.05, 4.69) is 34.0 Å². The van der Waals surface area contributed by atoms with E-state index >= 15 is 0 Å². The fourth-order valence-electron chi connectivity index (χ4n) is 2.05. The Hall–Kier alpha value is -2.11. The zero-order chi connectivity index (χ0) is 16.8. The average molecular weight is 385 g/mol. The van der Waals surface area contributed by atoms with E-state index in [1.807, 2.05) is 0 Å². The third-order valence-electron chi connectivity index (χ3n) is 3.12. The normalized spacial score (nSPS) is 9.91. The molecule has 1 aromatic carbocycles. The zero-order valence-corrected chi connectivity index (χ0v) is 15.0. The number of aromatic nitrogens is 1. The fraction of sp³-hybridized carbons (Fsp3) is 0.188. The molecule has 1 aromatic heterocycles. The summed E-state index contributed by atoms with van der Waals surface area (Å²) in [7, 11) is 1.61. The first-order valence-electron chi connectivity index (χ1n) is 6.64. The monoisotopic (exact) mass is 385 g/mol. The predicted octanol–water partition coefficient (Wildman–Crippen LogP) is 1.97. The number of nitrogens with zero attached hydrogens (tertiary/aromatic N) is 2. The van der Waals surface area contributed by atoms with Crippen molar-refractivity contribution in [3.63, 3.8) is 0 Å². The molecule has 0 aliphatic heterocycles. The van der Waals surface area contributed by atoms with Crippen LogP contribution in [0.2, 0.25) is 0 Å². The Morgan fingerprint density at radius 3 is 2.35 bits per heavy atom. The quantitative estimate of drug-likeness (QED) is 0.484. The number of aromatic amines is 1. The third kappa shape index (κ3) is 3.81. The minimum atomic E-state index is 0.291. The molecule has 0 aliphatic carbocycles. The van der Waals surface area contributed by atoms with Crippen molar-refractivity contribution < 1.29 is 9.47 Å². The van der Waals surface area contributed by atoms with E-state index in [4.69, 9.17) is 21.7 Å². The van der Waals surface area contributed by atoms with Gasteiger partial charge in [0.05, 0.1) is 0 Å². The van der Waals surface area contributed by atoms with Gasteiger partial charge in [-0.05, 0) is 0 Å². The van der Waals surface area contributed by atoms with Crippen LogP contribution in [0.3, 0.4) is 0 Å². The summed E-state index contributed by atoms with van der Waals surface area (Å²) < 4.78 is 11.3. The Kier molecular flexibility index (Phi) is 5.96. The molecule has 1 heterocycles. The predicted molar refractivity (Wildman–Crippen MR) is 89.3 cm³/mol. The van der Waals surface area contributed by atoms with Crippen LogP contribution in [0.15, 0.2) is 24.3 Å². The molecular formula is C16H12AsN3O2S. The summed E-state index contributed by atoms with van der Waals surface area (Å²) in [6.45, 7) is 0.958. The van der Waals surface area contributed by atoms with Crippen LogP contribution in [0, 0.1) is 27.3 Å². The summed E-state index contributed by atoms with van der Waals surface area (Å²) in [5, 5.41) is 18.8. The Morgan fingerprint density at radius 1 is 1.13 bits per heavy atom. The molecule has 2 rings (SSSR count). The molecule has 7 heteroatoms. The van der Waals surface area contributed by atoms with Crippen molar-refractivity contribution in [3.8, 4) is 29.0 Å². The number of pyridine rings is 1. The molecule has 0 unspecified atom stereocenters. The first kappa shape index (κ1) is 17.2. The van der Waals surface area contributed by atoms with Gasteiger partial charge in [0.25, 0.3) is 0 Å². The van der Waals surface area contributed by atoms with Gasteiger partial charge >= 0.3 is 148 Å². The maximum absolute atomic E-state index is 9.41. The second-order valence-electron chi connectivity index (χ2n) is 4.52. The molecule has 0 spiro atoms. The van der Waals surface area contributed by atoms with Gasteiger partial charge in [0.1, 0.15) is 0 Å². The average Bonchev–Trinajstić information content (AvgIpc) is 2.55. The second-order valence-corrected chi connectivity index (χ2v) is 5.86. The van der Waals surface area contributed by atoms with Crippen LogP contribution in [0.4, 0.5) is 0 Å². The first-order chi connectivity index (χ1) is 11.1. The number of H-pyrrole nitrogens is 1. The van der Waals surface area contributed by atoms with Crippen molar-refractivity contribution in [1.29, 1.82) is 10.5 Å². The number of hydrogen-bond acceptors (Lipinski definition) is 5. The van der Waals surface area contributed by atoms with Crippen LogP contribution in [-0.2, 0) is 4.74 Å². The van der Waals surface area contributed by atoms with E-state index in [1.165, 1.54) is 0 Å². The molecule has 23 heavy (non-hydrogen) atoms. The molecule has 114 valence electrons. The molecule has 0 saturated carbocycles. The Labute approximate surface area is 148 Å². The zero-order valence-electron chi connectivity index (χ0n) is 12.3. The van der Waals surface area contributed by atoms with E-state index < -0.39 is 0 Å². The van der Waals surface area contributed by atoms with Gasteiger partial charge in [-0.2, -0.15) is 0 Å². The van der Waals surface area contributed by atoms with Gasteiger partial charge < -0.3 is 0 Å². The van der Waals surface area contributed by atoms with Gasteiger partial charge in [0.2, 0.25) is 0 Å². The maximum atomic E-state index is 9.41. The Morgan fingerprint density at radius 2 is 1.78 bits per heavy atom. The van der Waals surface area contributed by atoms with Crippen LogP contribution in [0.5, 0.6) is 5.75 Å². The van der Waals surface area contributed by atoms with Crippen LogP contribution in [0.25, 0.3) is 11.1 Å². The third-order valence-corrected chi connectivity index (χ3v) is 4.13. The van der Waals surface area contributed by atoms with Gasteiger partial charge in [-0.25, -0.2) is 0 Å². The number of hydrogen-bond donors (Lipinski definition) is 1. The number of nitrogens with one attached hydrogen (secondary N) is 1.